The number of hydrogen-bond donors (Lipinski definition) is 3. The van der Waals surface area contributed by atoms with Crippen molar-refractivity contribution in [3.63, 3.8) is 0 Å². The number of carbonyl (C=O) groups is 1. The van der Waals surface area contributed by atoms with Gasteiger partial charge in [0.05, 0.1) is 11.6 Å². The molecular weight excluding hydrogens is 362 g/mol. The van der Waals surface area contributed by atoms with E-state index in [9.17, 15) is 4.79 Å². The Labute approximate surface area is 168 Å². The number of amides is 1. The second kappa shape index (κ2) is 8.28. The highest BCUT2D eigenvalue weighted by molar-refractivity contribution is 6.03. The zero-order chi connectivity index (χ0) is 20.1. The highest BCUT2D eigenvalue weighted by Gasteiger charge is 2.09. The van der Waals surface area contributed by atoms with Crippen molar-refractivity contribution in [2.24, 2.45) is 0 Å². The predicted octanol–water partition coefficient (Wildman–Crippen LogP) is 4.34. The van der Waals surface area contributed by atoms with E-state index >= 15 is 0 Å². The summed E-state index contributed by atoms with van der Waals surface area (Å²) in [4.78, 5) is 19.9. The van der Waals surface area contributed by atoms with Crippen molar-refractivity contribution in [1.29, 1.82) is 5.26 Å². The lowest BCUT2D eigenvalue weighted by Crippen LogP contribution is -2.14. The highest BCUT2D eigenvalue weighted by atomic mass is 16.1. The minimum atomic E-state index is -0.296. The molecule has 0 radical (unpaired) electrons. The van der Waals surface area contributed by atoms with Crippen LogP contribution in [0.2, 0.25) is 0 Å². The van der Waals surface area contributed by atoms with Crippen LogP contribution in [-0.4, -0.2) is 22.4 Å². The van der Waals surface area contributed by atoms with E-state index in [1.54, 1.807) is 36.5 Å². The van der Waals surface area contributed by atoms with Crippen molar-refractivity contribution in [1.82, 2.24) is 9.97 Å². The molecule has 0 aliphatic rings. The first-order chi connectivity index (χ1) is 14.2. The fourth-order valence-corrected chi connectivity index (χ4v) is 3.17. The van der Waals surface area contributed by atoms with Gasteiger partial charge in [0.15, 0.2) is 0 Å². The number of nitriles is 1. The molecule has 0 spiro atoms. The molecule has 0 atom stereocenters. The number of nitrogens with one attached hydrogen (secondary N) is 3. The Kier molecular flexibility index (Phi) is 5.21. The average Bonchev–Trinajstić information content (AvgIpc) is 3.18. The van der Waals surface area contributed by atoms with Gasteiger partial charge in [-0.05, 0) is 54.4 Å². The number of anilines is 2. The van der Waals surface area contributed by atoms with Crippen LogP contribution in [0, 0.1) is 11.3 Å². The molecular formula is C23H19N5O. The Morgan fingerprint density at radius 1 is 1.07 bits per heavy atom. The number of carbonyl (C=O) groups excluding carboxylic acids is 1. The van der Waals surface area contributed by atoms with Crippen LogP contribution in [-0.2, 0) is 6.42 Å². The minimum Gasteiger partial charge on any atom is -0.385 e. The fraction of sp³-hybridized carbons (Fsp3) is 0.0870. The maximum Gasteiger partial charge on any atom is 0.274 e. The van der Waals surface area contributed by atoms with Crippen LogP contribution < -0.4 is 10.6 Å². The lowest BCUT2D eigenvalue weighted by atomic mass is 10.1. The molecule has 4 aromatic rings. The van der Waals surface area contributed by atoms with E-state index in [1.165, 1.54) is 10.9 Å². The number of nitrogens with zero attached hydrogens (tertiary/aromatic N) is 2. The van der Waals surface area contributed by atoms with E-state index in [0.29, 0.717) is 16.9 Å². The molecule has 0 saturated carbocycles. The van der Waals surface area contributed by atoms with Crippen LogP contribution in [0.15, 0.2) is 73.1 Å². The molecule has 1 amide bonds. The Morgan fingerprint density at radius 3 is 2.72 bits per heavy atom. The van der Waals surface area contributed by atoms with E-state index in [-0.39, 0.29) is 5.91 Å². The number of rotatable bonds is 6. The molecule has 6 nitrogen and oxygen atoms in total. The van der Waals surface area contributed by atoms with Crippen LogP contribution in [0.1, 0.15) is 21.6 Å². The summed E-state index contributed by atoms with van der Waals surface area (Å²) in [5.41, 5.74) is 4.71. The Bertz CT molecular complexity index is 1190. The number of aromatic nitrogens is 2. The molecule has 3 N–H and O–H groups in total. The minimum absolute atomic E-state index is 0.296. The standard InChI is InChI=1S/C23H19N5O/c24-14-16-5-7-18(8-6-16)28-23(29)22-13-19(10-12-26-22)25-11-9-17-15-27-21-4-2-1-3-20(17)21/h1-8,10,12-13,15,27H,9,11H2,(H,25,26)(H,28,29). The topological polar surface area (TPSA) is 93.6 Å². The van der Waals surface area contributed by atoms with Crippen molar-refractivity contribution in [3.8, 4) is 6.07 Å². The van der Waals surface area contributed by atoms with Crippen molar-refractivity contribution < 1.29 is 4.79 Å². The summed E-state index contributed by atoms with van der Waals surface area (Å²) in [7, 11) is 0. The number of para-hydroxylation sites is 1. The van der Waals surface area contributed by atoms with E-state index in [1.807, 2.05) is 24.4 Å². The maximum atomic E-state index is 12.5. The first-order valence-corrected chi connectivity index (χ1v) is 9.29. The van der Waals surface area contributed by atoms with Crippen LogP contribution in [0.4, 0.5) is 11.4 Å². The van der Waals surface area contributed by atoms with Crippen molar-refractivity contribution in [3.05, 3.63) is 89.9 Å². The Morgan fingerprint density at radius 2 is 1.90 bits per heavy atom. The molecule has 0 unspecified atom stereocenters. The normalized spacial score (nSPS) is 10.4. The van der Waals surface area contributed by atoms with Gasteiger partial charge in [-0.2, -0.15) is 5.26 Å². The fourth-order valence-electron chi connectivity index (χ4n) is 3.17. The zero-order valence-corrected chi connectivity index (χ0v) is 15.6. The number of aromatic amines is 1. The number of hydrogen-bond acceptors (Lipinski definition) is 4. The van der Waals surface area contributed by atoms with Crippen LogP contribution in [0.3, 0.4) is 0 Å². The van der Waals surface area contributed by atoms with Crippen LogP contribution in [0.5, 0.6) is 0 Å². The smallest absolute Gasteiger partial charge is 0.274 e. The lowest BCUT2D eigenvalue weighted by molar-refractivity contribution is 0.102. The average molecular weight is 381 g/mol. The van der Waals surface area contributed by atoms with E-state index in [2.05, 4.69) is 38.8 Å². The number of H-pyrrole nitrogens is 1. The van der Waals surface area contributed by atoms with E-state index < -0.39 is 0 Å². The molecule has 2 aromatic carbocycles. The van der Waals surface area contributed by atoms with Crippen molar-refractivity contribution in [2.75, 3.05) is 17.2 Å². The monoisotopic (exact) mass is 381 g/mol. The van der Waals surface area contributed by atoms with Crippen LogP contribution >= 0.6 is 0 Å². The Balaban J connectivity index is 1.37. The highest BCUT2D eigenvalue weighted by Crippen LogP contribution is 2.18. The summed E-state index contributed by atoms with van der Waals surface area (Å²) >= 11 is 0. The number of benzene rings is 2. The first kappa shape index (κ1) is 18.3. The molecule has 4 rings (SSSR count). The summed E-state index contributed by atoms with van der Waals surface area (Å²) in [6.07, 6.45) is 4.51. The van der Waals surface area contributed by atoms with Gasteiger partial charge >= 0.3 is 0 Å². The molecule has 0 aliphatic carbocycles. The van der Waals surface area contributed by atoms with Crippen molar-refractivity contribution >= 4 is 28.2 Å². The molecule has 0 saturated heterocycles. The molecule has 29 heavy (non-hydrogen) atoms. The van der Waals surface area contributed by atoms with Crippen molar-refractivity contribution in [2.45, 2.75) is 6.42 Å². The third-order valence-electron chi connectivity index (χ3n) is 4.66. The molecule has 2 heterocycles. The third-order valence-corrected chi connectivity index (χ3v) is 4.66. The summed E-state index contributed by atoms with van der Waals surface area (Å²) in [6, 6.07) is 20.6. The van der Waals surface area contributed by atoms with Gasteiger partial charge in [0.1, 0.15) is 5.69 Å². The van der Waals surface area contributed by atoms with Gasteiger partial charge in [-0.15, -0.1) is 0 Å². The quantitative estimate of drug-likeness (QED) is 0.463. The number of pyridine rings is 1. The van der Waals surface area contributed by atoms with E-state index in [4.69, 9.17) is 5.26 Å². The predicted molar refractivity (Wildman–Crippen MR) is 114 cm³/mol. The largest absolute Gasteiger partial charge is 0.385 e. The molecule has 142 valence electrons. The summed E-state index contributed by atoms with van der Waals surface area (Å²) in [6.45, 7) is 0.739. The van der Waals surface area contributed by atoms with Gasteiger partial charge in [0, 0.05) is 41.2 Å². The van der Waals surface area contributed by atoms with Gasteiger partial charge in [0.2, 0.25) is 0 Å². The summed E-state index contributed by atoms with van der Waals surface area (Å²) < 4.78 is 0. The second-order valence-electron chi connectivity index (χ2n) is 6.61. The molecule has 0 bridgehead atoms. The lowest BCUT2D eigenvalue weighted by Gasteiger charge is -2.08. The summed E-state index contributed by atoms with van der Waals surface area (Å²) in [5.74, 6) is -0.296. The van der Waals surface area contributed by atoms with Gasteiger partial charge in [-0.25, -0.2) is 0 Å². The summed E-state index contributed by atoms with van der Waals surface area (Å²) in [5, 5.41) is 16.2. The first-order valence-electron chi connectivity index (χ1n) is 9.29. The van der Waals surface area contributed by atoms with Gasteiger partial charge < -0.3 is 15.6 Å². The van der Waals surface area contributed by atoms with Gasteiger partial charge in [-0.1, -0.05) is 18.2 Å². The van der Waals surface area contributed by atoms with Crippen LogP contribution in [0.25, 0.3) is 10.9 Å². The number of fused-ring (bicyclic) bond motifs is 1. The molecule has 6 heteroatoms. The Hall–Kier alpha value is -4.11. The molecule has 2 aromatic heterocycles. The van der Waals surface area contributed by atoms with E-state index in [0.717, 1.165) is 24.2 Å². The molecule has 0 fully saturated rings. The third kappa shape index (κ3) is 4.25. The second-order valence-corrected chi connectivity index (χ2v) is 6.61. The van der Waals surface area contributed by atoms with Gasteiger partial charge in [0.25, 0.3) is 5.91 Å². The molecule has 0 aliphatic heterocycles. The zero-order valence-electron chi connectivity index (χ0n) is 15.6. The maximum absolute atomic E-state index is 12.5. The van der Waals surface area contributed by atoms with Gasteiger partial charge in [-0.3, -0.25) is 9.78 Å². The SMILES string of the molecule is N#Cc1ccc(NC(=O)c2cc(NCCc3c[nH]c4ccccc34)ccn2)cc1.